The van der Waals surface area contributed by atoms with E-state index in [1.165, 1.54) is 199 Å². The first-order chi connectivity index (χ1) is 30.5. The first kappa shape index (κ1) is 60.1. The molecule has 0 fully saturated rings. The predicted octanol–water partition coefficient (Wildman–Crippen LogP) is 16.5. The number of nitrogens with one attached hydrogen (secondary N) is 1. The van der Waals surface area contributed by atoms with E-state index in [-0.39, 0.29) is 18.5 Å². The lowest BCUT2D eigenvalue weighted by Crippen LogP contribution is -2.45. The summed E-state index contributed by atoms with van der Waals surface area (Å²) >= 11 is 0. The Kier molecular flexibility index (Phi) is 50.1. The van der Waals surface area contributed by atoms with Crippen molar-refractivity contribution in [1.29, 1.82) is 0 Å². The van der Waals surface area contributed by atoms with Gasteiger partial charge in [0.1, 0.15) is 0 Å². The third-order valence-corrected chi connectivity index (χ3v) is 12.4. The van der Waals surface area contributed by atoms with E-state index < -0.39 is 12.1 Å². The standard InChI is InChI=1S/C56H105NO5/c1-3-5-7-9-11-13-15-25-30-34-38-42-46-50-56(61)62-51-47-43-39-35-31-27-24-22-20-18-16-17-19-21-23-26-29-33-37-41-45-49-55(60)57-53(52-58)54(59)48-44-40-36-32-28-14-12-10-8-6-4-2/h13,15,27,31,39,43,53-54,58-59H,3-12,14,16-26,28-30,32-38,40-42,44-52H2,1-2H3,(H,57,60)/b15-13-,31-27-,43-39-. The monoisotopic (exact) mass is 872 g/mol. The van der Waals surface area contributed by atoms with E-state index in [1.54, 1.807) is 0 Å². The smallest absolute Gasteiger partial charge is 0.305 e. The van der Waals surface area contributed by atoms with Crippen molar-refractivity contribution in [3.05, 3.63) is 36.5 Å². The van der Waals surface area contributed by atoms with Gasteiger partial charge in [-0.3, -0.25) is 9.59 Å². The molecule has 0 heterocycles. The van der Waals surface area contributed by atoms with Gasteiger partial charge in [-0.05, 0) is 70.6 Å². The summed E-state index contributed by atoms with van der Waals surface area (Å²) in [4.78, 5) is 24.4. The van der Waals surface area contributed by atoms with E-state index in [2.05, 4.69) is 55.6 Å². The van der Waals surface area contributed by atoms with Crippen LogP contribution in [0.5, 0.6) is 0 Å². The number of carbonyl (C=O) groups is 2. The van der Waals surface area contributed by atoms with Crippen LogP contribution in [0.25, 0.3) is 0 Å². The molecule has 0 aliphatic rings. The average Bonchev–Trinajstić information content (AvgIpc) is 3.27. The molecular formula is C56H105NO5. The maximum Gasteiger partial charge on any atom is 0.305 e. The van der Waals surface area contributed by atoms with Gasteiger partial charge in [0.25, 0.3) is 0 Å². The molecule has 0 aromatic rings. The third kappa shape index (κ3) is 47.6. The fourth-order valence-corrected chi connectivity index (χ4v) is 8.24. The quantitative estimate of drug-likeness (QED) is 0.0321. The topological polar surface area (TPSA) is 95.9 Å². The van der Waals surface area contributed by atoms with Crippen LogP contribution in [0, 0.1) is 0 Å². The fourth-order valence-electron chi connectivity index (χ4n) is 8.24. The molecule has 0 aliphatic carbocycles. The van der Waals surface area contributed by atoms with Crippen molar-refractivity contribution in [3.63, 3.8) is 0 Å². The van der Waals surface area contributed by atoms with Crippen LogP contribution in [-0.4, -0.2) is 47.4 Å². The van der Waals surface area contributed by atoms with Crippen molar-refractivity contribution in [2.75, 3.05) is 13.2 Å². The van der Waals surface area contributed by atoms with Crippen molar-refractivity contribution in [1.82, 2.24) is 5.32 Å². The van der Waals surface area contributed by atoms with Crippen LogP contribution in [-0.2, 0) is 14.3 Å². The number of aliphatic hydroxyl groups is 2. The first-order valence-electron chi connectivity index (χ1n) is 27.2. The Balaban J connectivity index is 3.45. The largest absolute Gasteiger partial charge is 0.465 e. The Morgan fingerprint density at radius 1 is 0.452 bits per heavy atom. The van der Waals surface area contributed by atoms with E-state index >= 15 is 0 Å². The van der Waals surface area contributed by atoms with Gasteiger partial charge in [0, 0.05) is 12.8 Å². The van der Waals surface area contributed by atoms with Crippen molar-refractivity contribution in [2.45, 2.75) is 296 Å². The average molecular weight is 872 g/mol. The summed E-state index contributed by atoms with van der Waals surface area (Å²) in [6.45, 7) is 4.81. The Morgan fingerprint density at radius 2 is 0.806 bits per heavy atom. The third-order valence-electron chi connectivity index (χ3n) is 12.4. The minimum Gasteiger partial charge on any atom is -0.465 e. The van der Waals surface area contributed by atoms with Gasteiger partial charge in [-0.25, -0.2) is 0 Å². The maximum absolute atomic E-state index is 12.4. The number of carbonyl (C=O) groups excluding carboxylic acids is 2. The normalized spacial score (nSPS) is 12.9. The Labute approximate surface area is 385 Å². The van der Waals surface area contributed by atoms with Crippen molar-refractivity contribution >= 4 is 11.9 Å². The second-order valence-electron chi connectivity index (χ2n) is 18.6. The maximum atomic E-state index is 12.4. The number of amides is 1. The molecule has 0 rings (SSSR count). The molecule has 2 unspecified atom stereocenters. The van der Waals surface area contributed by atoms with Crippen LogP contribution < -0.4 is 5.32 Å². The number of hydrogen-bond donors (Lipinski definition) is 3. The second-order valence-corrected chi connectivity index (χ2v) is 18.6. The van der Waals surface area contributed by atoms with Gasteiger partial charge in [0.2, 0.25) is 5.91 Å². The van der Waals surface area contributed by atoms with Crippen LogP contribution >= 0.6 is 0 Å². The minimum absolute atomic E-state index is 0.0413. The van der Waals surface area contributed by atoms with Crippen molar-refractivity contribution in [2.24, 2.45) is 0 Å². The highest BCUT2D eigenvalue weighted by atomic mass is 16.5. The zero-order valence-electron chi connectivity index (χ0n) is 41.4. The van der Waals surface area contributed by atoms with Crippen LogP contribution in [0.2, 0.25) is 0 Å². The van der Waals surface area contributed by atoms with Gasteiger partial charge in [0.15, 0.2) is 0 Å². The summed E-state index contributed by atoms with van der Waals surface area (Å²) in [6.07, 6.45) is 62.9. The zero-order valence-corrected chi connectivity index (χ0v) is 41.4. The molecule has 0 radical (unpaired) electrons. The molecule has 6 heteroatoms. The Bertz CT molecular complexity index is 1010. The molecule has 0 saturated heterocycles. The van der Waals surface area contributed by atoms with Crippen molar-refractivity contribution < 1.29 is 24.5 Å². The molecule has 0 aromatic heterocycles. The lowest BCUT2D eigenvalue weighted by atomic mass is 10.0. The van der Waals surface area contributed by atoms with Gasteiger partial charge in [-0.2, -0.15) is 0 Å². The predicted molar refractivity (Wildman–Crippen MR) is 269 cm³/mol. The molecule has 0 spiro atoms. The molecule has 1 amide bonds. The second kappa shape index (κ2) is 51.7. The molecule has 62 heavy (non-hydrogen) atoms. The Morgan fingerprint density at radius 3 is 1.26 bits per heavy atom. The van der Waals surface area contributed by atoms with Crippen LogP contribution in [0.15, 0.2) is 36.5 Å². The zero-order chi connectivity index (χ0) is 45.1. The molecule has 6 nitrogen and oxygen atoms in total. The number of esters is 1. The van der Waals surface area contributed by atoms with Crippen LogP contribution in [0.1, 0.15) is 284 Å². The minimum atomic E-state index is -0.666. The fraction of sp³-hybridized carbons (Fsp3) is 0.857. The molecule has 0 aromatic carbocycles. The molecular weight excluding hydrogens is 767 g/mol. The first-order valence-corrected chi connectivity index (χ1v) is 27.2. The van der Waals surface area contributed by atoms with E-state index in [0.29, 0.717) is 25.9 Å². The summed E-state index contributed by atoms with van der Waals surface area (Å²) in [7, 11) is 0. The number of aliphatic hydroxyl groups excluding tert-OH is 2. The van der Waals surface area contributed by atoms with E-state index in [9.17, 15) is 19.8 Å². The summed E-state index contributed by atoms with van der Waals surface area (Å²) in [6, 6.07) is -0.544. The number of rotatable bonds is 50. The number of hydrogen-bond acceptors (Lipinski definition) is 5. The molecule has 364 valence electrons. The molecule has 0 aliphatic heterocycles. The van der Waals surface area contributed by atoms with Crippen molar-refractivity contribution in [3.8, 4) is 0 Å². The van der Waals surface area contributed by atoms with E-state index in [0.717, 1.165) is 51.4 Å². The molecule has 2 atom stereocenters. The van der Waals surface area contributed by atoms with Gasteiger partial charge < -0.3 is 20.3 Å². The molecule has 0 saturated carbocycles. The SMILES string of the molecule is CCCCCC/C=C\CCCCCCCC(=O)OCC/C=C\C/C=C\CCCCCCCCCCCCCCCCC(=O)NC(CO)C(O)CCCCCCCCCCCCC. The molecule has 0 bridgehead atoms. The number of ether oxygens (including phenoxy) is 1. The number of unbranched alkanes of at least 4 members (excludes halogenated alkanes) is 33. The van der Waals surface area contributed by atoms with E-state index in [1.807, 2.05) is 0 Å². The summed E-state index contributed by atoms with van der Waals surface area (Å²) < 4.78 is 5.40. The Hall–Kier alpha value is -1.92. The van der Waals surface area contributed by atoms with Gasteiger partial charge in [-0.15, -0.1) is 0 Å². The highest BCUT2D eigenvalue weighted by molar-refractivity contribution is 5.76. The van der Waals surface area contributed by atoms with Crippen LogP contribution in [0.3, 0.4) is 0 Å². The van der Waals surface area contributed by atoms with Gasteiger partial charge in [0.05, 0.1) is 25.4 Å². The summed E-state index contributed by atoms with van der Waals surface area (Å²) in [5, 5.41) is 23.2. The van der Waals surface area contributed by atoms with Gasteiger partial charge in [-0.1, -0.05) is 237 Å². The molecule has 3 N–H and O–H groups in total. The summed E-state index contributed by atoms with van der Waals surface area (Å²) in [5.41, 5.74) is 0. The highest BCUT2D eigenvalue weighted by Gasteiger charge is 2.20. The highest BCUT2D eigenvalue weighted by Crippen LogP contribution is 2.16. The number of allylic oxidation sites excluding steroid dienone is 5. The van der Waals surface area contributed by atoms with E-state index in [4.69, 9.17) is 4.74 Å². The lowest BCUT2D eigenvalue weighted by molar-refractivity contribution is -0.143. The summed E-state index contributed by atoms with van der Waals surface area (Å²) in [5.74, 6) is -0.0862. The lowest BCUT2D eigenvalue weighted by Gasteiger charge is -2.22. The van der Waals surface area contributed by atoms with Crippen LogP contribution in [0.4, 0.5) is 0 Å². The van der Waals surface area contributed by atoms with Gasteiger partial charge >= 0.3 is 5.97 Å².